The Labute approximate surface area is 150 Å². The fourth-order valence-electron chi connectivity index (χ4n) is 2.43. The molecule has 1 N–H and O–H groups in total. The molecule has 0 aliphatic carbocycles. The zero-order valence-electron chi connectivity index (χ0n) is 14.6. The number of nitrogens with zero attached hydrogens (tertiary/aromatic N) is 5. The minimum Gasteiger partial charge on any atom is -0.312 e. The predicted molar refractivity (Wildman–Crippen MR) is 98.1 cm³/mol. The van der Waals surface area contributed by atoms with Crippen LogP contribution in [0.25, 0.3) is 5.69 Å². The molecule has 2 heterocycles. The molecule has 2 aromatic heterocycles. The quantitative estimate of drug-likeness (QED) is 0.711. The summed E-state index contributed by atoms with van der Waals surface area (Å²) in [5.74, 6) is 0.804. The highest BCUT2D eigenvalue weighted by Gasteiger charge is 2.14. The van der Waals surface area contributed by atoms with Crippen LogP contribution in [0.3, 0.4) is 0 Å². The minimum absolute atomic E-state index is 0.112. The second-order valence-electron chi connectivity index (χ2n) is 5.93. The van der Waals surface area contributed by atoms with Crippen molar-refractivity contribution in [3.63, 3.8) is 0 Å². The molecule has 0 bridgehead atoms. The second kappa shape index (κ2) is 7.10. The predicted octanol–water partition coefficient (Wildman–Crippen LogP) is 2.66. The molecule has 3 rings (SSSR count). The number of carbonyl (C=O) groups excluding carboxylic acids is 1. The van der Waals surface area contributed by atoms with Gasteiger partial charge in [-0.3, -0.25) is 4.79 Å². The number of amides is 1. The van der Waals surface area contributed by atoms with Gasteiger partial charge in [0.05, 0.1) is 17.1 Å². The van der Waals surface area contributed by atoms with E-state index in [1.807, 2.05) is 33.9 Å². The lowest BCUT2D eigenvalue weighted by atomic mass is 10.1. The van der Waals surface area contributed by atoms with E-state index in [0.717, 1.165) is 22.5 Å². The zero-order valence-corrected chi connectivity index (χ0v) is 15.5. The highest BCUT2D eigenvalue weighted by molar-refractivity contribution is 7.99. The molecule has 0 atom stereocenters. The highest BCUT2D eigenvalue weighted by atomic mass is 32.2. The van der Waals surface area contributed by atoms with Crippen molar-refractivity contribution in [1.82, 2.24) is 24.5 Å². The van der Waals surface area contributed by atoms with Crippen molar-refractivity contribution in [2.75, 3.05) is 11.1 Å². The third-order valence-electron chi connectivity index (χ3n) is 3.69. The first kappa shape index (κ1) is 17.2. The smallest absolute Gasteiger partial charge is 0.236 e. The van der Waals surface area contributed by atoms with Gasteiger partial charge in [-0.15, -0.1) is 10.2 Å². The van der Waals surface area contributed by atoms with Gasteiger partial charge in [-0.25, -0.2) is 4.68 Å². The average molecular weight is 356 g/mol. The van der Waals surface area contributed by atoms with E-state index in [2.05, 4.69) is 38.8 Å². The number of carbonyl (C=O) groups is 1. The molecular weight excluding hydrogens is 336 g/mol. The maximum absolute atomic E-state index is 12.3. The van der Waals surface area contributed by atoms with Crippen molar-refractivity contribution in [2.45, 2.75) is 25.9 Å². The number of anilines is 1. The number of rotatable bonds is 5. The van der Waals surface area contributed by atoms with Crippen LogP contribution in [0.2, 0.25) is 0 Å². The molecule has 0 radical (unpaired) electrons. The van der Waals surface area contributed by atoms with Gasteiger partial charge in [0, 0.05) is 13.1 Å². The summed E-state index contributed by atoms with van der Waals surface area (Å²) in [7, 11) is 1.85. The van der Waals surface area contributed by atoms with Crippen LogP contribution in [0.4, 0.5) is 5.82 Å². The van der Waals surface area contributed by atoms with Gasteiger partial charge in [0.2, 0.25) is 5.91 Å². The van der Waals surface area contributed by atoms with Crippen molar-refractivity contribution in [2.24, 2.45) is 7.05 Å². The molecule has 7 nitrogen and oxygen atoms in total. The van der Waals surface area contributed by atoms with E-state index in [0.29, 0.717) is 11.0 Å². The van der Waals surface area contributed by atoms with Crippen molar-refractivity contribution < 1.29 is 4.79 Å². The summed E-state index contributed by atoms with van der Waals surface area (Å²) in [6, 6.07) is 8.04. The lowest BCUT2D eigenvalue weighted by molar-refractivity contribution is -0.113. The minimum atomic E-state index is -0.112. The number of benzene rings is 1. The molecule has 8 heteroatoms. The monoisotopic (exact) mass is 356 g/mol. The fraction of sp³-hybridized carbons (Fsp3) is 0.294. The average Bonchev–Trinajstić information content (AvgIpc) is 3.13. The molecule has 1 aromatic carbocycles. The van der Waals surface area contributed by atoms with E-state index < -0.39 is 0 Å². The van der Waals surface area contributed by atoms with Gasteiger partial charge in [-0.1, -0.05) is 23.9 Å². The number of thioether (sulfide) groups is 1. The maximum Gasteiger partial charge on any atom is 0.236 e. The van der Waals surface area contributed by atoms with Gasteiger partial charge in [0.25, 0.3) is 0 Å². The Bertz CT molecular complexity index is 914. The van der Waals surface area contributed by atoms with Crippen LogP contribution < -0.4 is 5.32 Å². The third kappa shape index (κ3) is 3.90. The number of nitrogens with one attached hydrogen (secondary N) is 1. The van der Waals surface area contributed by atoms with Gasteiger partial charge in [-0.05, 0) is 38.0 Å². The summed E-state index contributed by atoms with van der Waals surface area (Å²) >= 11 is 1.34. The lowest BCUT2D eigenvalue weighted by Crippen LogP contribution is -2.17. The molecular formula is C17H20N6OS. The van der Waals surface area contributed by atoms with Crippen LogP contribution in [0.5, 0.6) is 0 Å². The van der Waals surface area contributed by atoms with E-state index in [1.165, 1.54) is 11.8 Å². The summed E-state index contributed by atoms with van der Waals surface area (Å²) in [4.78, 5) is 12.3. The van der Waals surface area contributed by atoms with Crippen LogP contribution in [0, 0.1) is 20.8 Å². The molecule has 0 aliphatic rings. The Morgan fingerprint density at radius 1 is 1.24 bits per heavy atom. The van der Waals surface area contributed by atoms with Crippen LogP contribution in [-0.4, -0.2) is 36.2 Å². The van der Waals surface area contributed by atoms with Gasteiger partial charge >= 0.3 is 0 Å². The molecule has 3 aromatic rings. The molecule has 130 valence electrons. The third-order valence-corrected chi connectivity index (χ3v) is 4.73. The Morgan fingerprint density at radius 3 is 2.76 bits per heavy atom. The Balaban J connectivity index is 1.78. The molecule has 0 unspecified atom stereocenters. The largest absolute Gasteiger partial charge is 0.312 e. The second-order valence-corrected chi connectivity index (χ2v) is 6.88. The Hall–Kier alpha value is -2.61. The fourth-order valence-corrected chi connectivity index (χ4v) is 3.12. The summed E-state index contributed by atoms with van der Waals surface area (Å²) in [5, 5.41) is 15.9. The Kier molecular flexibility index (Phi) is 4.89. The molecule has 1 amide bonds. The van der Waals surface area contributed by atoms with Crippen LogP contribution in [-0.2, 0) is 11.8 Å². The molecule has 25 heavy (non-hydrogen) atoms. The van der Waals surface area contributed by atoms with Crippen molar-refractivity contribution in [3.8, 4) is 5.69 Å². The first-order valence-electron chi connectivity index (χ1n) is 7.85. The standard InChI is InChI=1S/C17H20N6OS/c1-11-5-6-12(2)14(7-11)23-15(8-13(3)21-23)19-16(24)9-25-17-20-18-10-22(17)4/h5-8,10H,9H2,1-4H3,(H,19,24). The van der Waals surface area contributed by atoms with Gasteiger partial charge in [0.15, 0.2) is 5.16 Å². The van der Waals surface area contributed by atoms with Crippen molar-refractivity contribution in [1.29, 1.82) is 0 Å². The highest BCUT2D eigenvalue weighted by Crippen LogP contribution is 2.22. The van der Waals surface area contributed by atoms with Crippen LogP contribution in [0.15, 0.2) is 35.7 Å². The SMILES string of the molecule is Cc1ccc(C)c(-n2nc(C)cc2NC(=O)CSc2nncn2C)c1. The van der Waals surface area contributed by atoms with Crippen molar-refractivity contribution in [3.05, 3.63) is 47.4 Å². The van der Waals surface area contributed by atoms with E-state index in [1.54, 1.807) is 15.6 Å². The summed E-state index contributed by atoms with van der Waals surface area (Å²) in [5.41, 5.74) is 4.04. The van der Waals surface area contributed by atoms with Crippen molar-refractivity contribution >= 4 is 23.5 Å². The topological polar surface area (TPSA) is 77.6 Å². The van der Waals surface area contributed by atoms with E-state index >= 15 is 0 Å². The summed E-state index contributed by atoms with van der Waals surface area (Å²) < 4.78 is 3.56. The van der Waals surface area contributed by atoms with Gasteiger partial charge in [0.1, 0.15) is 12.1 Å². The molecule has 0 saturated heterocycles. The Morgan fingerprint density at radius 2 is 2.04 bits per heavy atom. The summed E-state index contributed by atoms with van der Waals surface area (Å²) in [6.45, 7) is 5.97. The molecule has 0 saturated carbocycles. The summed E-state index contributed by atoms with van der Waals surface area (Å²) in [6.07, 6.45) is 1.61. The van der Waals surface area contributed by atoms with Gasteiger partial charge in [-0.2, -0.15) is 5.10 Å². The molecule has 0 fully saturated rings. The number of aryl methyl sites for hydroxylation is 4. The normalized spacial score (nSPS) is 10.9. The van der Waals surface area contributed by atoms with Crippen LogP contribution in [0.1, 0.15) is 16.8 Å². The number of hydrogen-bond acceptors (Lipinski definition) is 5. The molecule has 0 spiro atoms. The van der Waals surface area contributed by atoms with E-state index in [4.69, 9.17) is 0 Å². The van der Waals surface area contributed by atoms with Crippen LogP contribution >= 0.6 is 11.8 Å². The number of aromatic nitrogens is 5. The zero-order chi connectivity index (χ0) is 18.0. The molecule has 0 aliphatic heterocycles. The number of hydrogen-bond donors (Lipinski definition) is 1. The first-order chi connectivity index (χ1) is 11.9. The van der Waals surface area contributed by atoms with E-state index in [-0.39, 0.29) is 11.7 Å². The maximum atomic E-state index is 12.3. The van der Waals surface area contributed by atoms with E-state index in [9.17, 15) is 4.79 Å². The lowest BCUT2D eigenvalue weighted by Gasteiger charge is -2.12. The first-order valence-corrected chi connectivity index (χ1v) is 8.83. The van der Waals surface area contributed by atoms with Gasteiger partial charge < -0.3 is 9.88 Å².